The zero-order chi connectivity index (χ0) is 18.5. The second kappa shape index (κ2) is 8.50. The Labute approximate surface area is 155 Å². The topological polar surface area (TPSA) is 27.7 Å². The molecule has 1 aromatic rings. The van der Waals surface area contributed by atoms with E-state index in [2.05, 4.69) is 65.1 Å². The van der Waals surface area contributed by atoms with Crippen LogP contribution in [0.15, 0.2) is 49.6 Å². The first kappa shape index (κ1) is 20.2. The van der Waals surface area contributed by atoms with Crippen LogP contribution in [0.4, 0.5) is 0 Å². The molecule has 1 fully saturated rings. The minimum Gasteiger partial charge on any atom is -0.418 e. The summed E-state index contributed by atoms with van der Waals surface area (Å²) in [5, 5.41) is 1.29. The molecule has 0 aromatic heterocycles. The van der Waals surface area contributed by atoms with Gasteiger partial charge in [-0.05, 0) is 57.1 Å². The smallest absolute Gasteiger partial charge is 0.418 e. The van der Waals surface area contributed by atoms with Gasteiger partial charge in [-0.3, -0.25) is 0 Å². The van der Waals surface area contributed by atoms with Gasteiger partial charge in [0.1, 0.15) is 0 Å². The van der Waals surface area contributed by atoms with Crippen LogP contribution in [0.3, 0.4) is 0 Å². The highest BCUT2D eigenvalue weighted by molar-refractivity contribution is 6.62. The van der Waals surface area contributed by atoms with Gasteiger partial charge in [-0.25, -0.2) is 0 Å². The van der Waals surface area contributed by atoms with Crippen molar-refractivity contribution in [2.75, 3.05) is 6.61 Å². The first-order valence-electron chi connectivity index (χ1n) is 9.03. The van der Waals surface area contributed by atoms with Gasteiger partial charge in [0.2, 0.25) is 0 Å². The first-order chi connectivity index (χ1) is 11.8. The van der Waals surface area contributed by atoms with Gasteiger partial charge >= 0.3 is 7.12 Å². The van der Waals surface area contributed by atoms with E-state index in [1.807, 2.05) is 12.2 Å². The lowest BCUT2D eigenvalue weighted by Gasteiger charge is -2.32. The number of benzene rings is 1. The van der Waals surface area contributed by atoms with Gasteiger partial charge in [-0.1, -0.05) is 36.4 Å². The van der Waals surface area contributed by atoms with E-state index in [1.165, 1.54) is 5.19 Å². The molecule has 0 atom stereocenters. The maximum Gasteiger partial charge on any atom is 0.494 e. The van der Waals surface area contributed by atoms with E-state index in [1.54, 1.807) is 0 Å². The summed E-state index contributed by atoms with van der Waals surface area (Å²) < 4.78 is 18.2. The molecular formula is C20H31BO3Si. The van der Waals surface area contributed by atoms with Crippen LogP contribution in [0.2, 0.25) is 0 Å². The van der Waals surface area contributed by atoms with Crippen molar-refractivity contribution >= 4 is 27.5 Å². The van der Waals surface area contributed by atoms with Crippen LogP contribution < -0.4 is 10.6 Å². The van der Waals surface area contributed by atoms with Gasteiger partial charge in [0.15, 0.2) is 9.76 Å². The molecule has 3 nitrogen and oxygen atoms in total. The summed E-state index contributed by atoms with van der Waals surface area (Å²) in [4.78, 5) is 0. The molecule has 0 aliphatic carbocycles. The Morgan fingerprint density at radius 3 is 2.04 bits per heavy atom. The Morgan fingerprint density at radius 1 is 1.04 bits per heavy atom. The Bertz CT molecular complexity index is 557. The fourth-order valence-corrected chi connectivity index (χ4v) is 3.91. The average molecular weight is 358 g/mol. The van der Waals surface area contributed by atoms with Gasteiger partial charge in [-0.15, -0.1) is 13.2 Å². The first-order valence-corrected chi connectivity index (χ1v) is 10.3. The Morgan fingerprint density at radius 2 is 1.56 bits per heavy atom. The molecule has 1 aromatic carbocycles. The van der Waals surface area contributed by atoms with E-state index >= 15 is 0 Å². The summed E-state index contributed by atoms with van der Waals surface area (Å²) >= 11 is 0. The summed E-state index contributed by atoms with van der Waals surface area (Å²) in [5.41, 5.74) is 0.451. The van der Waals surface area contributed by atoms with E-state index < -0.39 is 9.76 Å². The van der Waals surface area contributed by atoms with Crippen LogP contribution in [-0.4, -0.2) is 34.7 Å². The zero-order valence-electron chi connectivity index (χ0n) is 16.1. The lowest BCUT2D eigenvalue weighted by atomic mass is 9.79. The summed E-state index contributed by atoms with van der Waals surface area (Å²) in [6.45, 7) is 16.7. The molecule has 1 aliphatic heterocycles. The molecule has 5 heteroatoms. The van der Waals surface area contributed by atoms with Gasteiger partial charge in [0.05, 0.1) is 11.2 Å². The largest absolute Gasteiger partial charge is 0.494 e. The van der Waals surface area contributed by atoms with Gasteiger partial charge in [0.25, 0.3) is 0 Å². The summed E-state index contributed by atoms with van der Waals surface area (Å²) in [6, 6.07) is 8.48. The van der Waals surface area contributed by atoms with E-state index in [0.29, 0.717) is 5.92 Å². The maximum atomic E-state index is 6.10. The third-order valence-electron chi connectivity index (χ3n) is 5.13. The molecule has 0 amide bonds. The summed E-state index contributed by atoms with van der Waals surface area (Å²) in [7, 11) is -1.02. The highest BCUT2D eigenvalue weighted by Crippen LogP contribution is 2.36. The van der Waals surface area contributed by atoms with Crippen LogP contribution in [0.1, 0.15) is 40.5 Å². The minimum absolute atomic E-state index is 0.300. The molecule has 0 unspecified atom stereocenters. The minimum atomic E-state index is -0.720. The summed E-state index contributed by atoms with van der Waals surface area (Å²) in [6.07, 6.45) is 5.86. The van der Waals surface area contributed by atoms with Crippen LogP contribution in [0, 0.1) is 5.92 Å². The number of allylic oxidation sites excluding steroid dienone is 2. The molecule has 0 bridgehead atoms. The van der Waals surface area contributed by atoms with Crippen LogP contribution in [0.25, 0.3) is 0 Å². The van der Waals surface area contributed by atoms with Crippen LogP contribution in [0.5, 0.6) is 0 Å². The Hall–Kier alpha value is -1.14. The lowest BCUT2D eigenvalue weighted by molar-refractivity contribution is 0.00578. The van der Waals surface area contributed by atoms with Crippen LogP contribution in [-0.2, 0) is 13.7 Å². The summed E-state index contributed by atoms with van der Waals surface area (Å²) in [5.74, 6) is 0.492. The fourth-order valence-electron chi connectivity index (χ4n) is 2.80. The predicted molar refractivity (Wildman–Crippen MR) is 109 cm³/mol. The van der Waals surface area contributed by atoms with Crippen molar-refractivity contribution in [3.63, 3.8) is 0 Å². The average Bonchev–Trinajstić information content (AvgIpc) is 2.76. The van der Waals surface area contributed by atoms with E-state index in [-0.39, 0.29) is 18.3 Å². The highest BCUT2D eigenvalue weighted by Gasteiger charge is 2.51. The van der Waals surface area contributed by atoms with Gasteiger partial charge < -0.3 is 13.7 Å². The maximum absolute atomic E-state index is 6.10. The van der Waals surface area contributed by atoms with Crippen molar-refractivity contribution in [3.05, 3.63) is 49.6 Å². The molecule has 1 saturated heterocycles. The van der Waals surface area contributed by atoms with Gasteiger partial charge in [-0.2, -0.15) is 0 Å². The van der Waals surface area contributed by atoms with Crippen molar-refractivity contribution in [1.82, 2.24) is 0 Å². The number of rotatable bonds is 9. The molecule has 0 N–H and O–H groups in total. The molecule has 25 heavy (non-hydrogen) atoms. The van der Waals surface area contributed by atoms with E-state index in [9.17, 15) is 0 Å². The Kier molecular flexibility index (Phi) is 6.86. The third-order valence-corrected chi connectivity index (χ3v) is 6.37. The van der Waals surface area contributed by atoms with Gasteiger partial charge in [0, 0.05) is 6.61 Å². The third kappa shape index (κ3) is 5.17. The molecule has 2 rings (SSSR count). The molecule has 0 radical (unpaired) electrons. The highest BCUT2D eigenvalue weighted by atomic mass is 28.2. The Balaban J connectivity index is 1.88. The zero-order valence-corrected chi connectivity index (χ0v) is 17.5. The quantitative estimate of drug-likeness (QED) is 0.501. The predicted octanol–water partition coefficient (Wildman–Crippen LogP) is 2.48. The van der Waals surface area contributed by atoms with Crippen molar-refractivity contribution in [3.8, 4) is 0 Å². The second-order valence-corrected chi connectivity index (χ2v) is 9.27. The van der Waals surface area contributed by atoms with Crippen molar-refractivity contribution < 1.29 is 13.7 Å². The standard InChI is InChI=1S/C20H31BO3Si/c1-7-9-16(10-8-2)15-22-25-18-13-11-17(12-14-18)21-23-19(3,4)20(5,6)24-21/h7-8,11-14,16H,1-2,9-10,15,25H2,3-6H3. The normalized spacial score (nSPS) is 19.0. The van der Waals surface area contributed by atoms with Crippen molar-refractivity contribution in [2.24, 2.45) is 5.92 Å². The lowest BCUT2D eigenvalue weighted by Crippen LogP contribution is -2.41. The number of hydrogen-bond donors (Lipinski definition) is 0. The fraction of sp³-hybridized carbons (Fsp3) is 0.500. The van der Waals surface area contributed by atoms with Crippen LogP contribution >= 0.6 is 0 Å². The molecule has 0 saturated carbocycles. The van der Waals surface area contributed by atoms with E-state index in [4.69, 9.17) is 13.7 Å². The molecule has 1 aliphatic rings. The van der Waals surface area contributed by atoms with Crippen molar-refractivity contribution in [2.45, 2.75) is 51.7 Å². The molecular weight excluding hydrogens is 327 g/mol. The second-order valence-electron chi connectivity index (χ2n) is 7.76. The SMILES string of the molecule is C=CCC(CC=C)CO[SiH2]c1ccc(B2OC(C)(C)C(C)(C)O2)cc1. The molecule has 0 spiro atoms. The molecule has 1 heterocycles. The number of hydrogen-bond acceptors (Lipinski definition) is 3. The van der Waals surface area contributed by atoms with Crippen molar-refractivity contribution in [1.29, 1.82) is 0 Å². The van der Waals surface area contributed by atoms with E-state index in [0.717, 1.165) is 24.9 Å². The molecule has 136 valence electrons. The monoisotopic (exact) mass is 358 g/mol.